The van der Waals surface area contributed by atoms with Gasteiger partial charge in [-0.1, -0.05) is 24.3 Å². The number of fused-ring (bicyclic) bond motifs is 2. The zero-order chi connectivity index (χ0) is 22.1. The third-order valence-electron chi connectivity index (χ3n) is 6.75. The van der Waals surface area contributed by atoms with Crippen molar-refractivity contribution in [3.05, 3.63) is 53.6 Å². The summed E-state index contributed by atoms with van der Waals surface area (Å²) in [5.74, 6) is 1.17. The first-order chi connectivity index (χ1) is 15.5. The fourth-order valence-corrected chi connectivity index (χ4v) is 7.35. The third-order valence-corrected chi connectivity index (χ3v) is 9.72. The van der Waals surface area contributed by atoms with E-state index in [2.05, 4.69) is 34.5 Å². The van der Waals surface area contributed by atoms with Crippen molar-refractivity contribution in [2.24, 2.45) is 5.92 Å². The minimum atomic E-state index is -3.56. The molecular formula is C24H29N3O3S2. The highest BCUT2D eigenvalue weighted by atomic mass is 32.2. The summed E-state index contributed by atoms with van der Waals surface area (Å²) in [5.41, 5.74) is 3.49. The minimum Gasteiger partial charge on any atom is -0.325 e. The molecular weight excluding hydrogens is 442 g/mol. The zero-order valence-corrected chi connectivity index (χ0v) is 19.8. The maximum atomic E-state index is 13.3. The average Bonchev–Trinajstić information content (AvgIpc) is 2.99. The second-order valence-corrected chi connectivity index (χ2v) is 12.0. The van der Waals surface area contributed by atoms with Crippen LogP contribution < -0.4 is 5.32 Å². The molecule has 1 fully saturated rings. The van der Waals surface area contributed by atoms with E-state index in [-0.39, 0.29) is 10.8 Å². The Bertz CT molecular complexity index is 1110. The standard InChI is InChI=1S/C24H29N3O3S2/c28-24-10-14-31-23-6-5-21(15-22(23)25-24)32(29,30)27-12-7-18(8-13-27)16-26-11-9-19-3-1-2-4-20(19)17-26/h1-6,15,18H,7-14,16-17H2,(H,25,28). The maximum absolute atomic E-state index is 13.3. The number of anilines is 1. The number of nitrogens with zero attached hydrogens (tertiary/aromatic N) is 2. The number of amides is 1. The predicted octanol–water partition coefficient (Wildman–Crippen LogP) is 3.58. The molecule has 3 aliphatic heterocycles. The van der Waals surface area contributed by atoms with Crippen LogP contribution in [0.15, 0.2) is 52.3 Å². The van der Waals surface area contributed by atoms with Crippen LogP contribution in [0, 0.1) is 5.92 Å². The van der Waals surface area contributed by atoms with E-state index in [1.54, 1.807) is 28.2 Å². The van der Waals surface area contributed by atoms with Gasteiger partial charge in [0.05, 0.1) is 10.6 Å². The van der Waals surface area contributed by atoms with Gasteiger partial charge >= 0.3 is 0 Å². The lowest BCUT2D eigenvalue weighted by Crippen LogP contribution is -2.42. The summed E-state index contributed by atoms with van der Waals surface area (Å²) in [5, 5.41) is 2.85. The van der Waals surface area contributed by atoms with Gasteiger partial charge in [-0.25, -0.2) is 8.42 Å². The first-order valence-corrected chi connectivity index (χ1v) is 13.8. The van der Waals surface area contributed by atoms with Crippen molar-refractivity contribution in [2.75, 3.05) is 37.2 Å². The number of benzene rings is 2. The van der Waals surface area contributed by atoms with Crippen LogP contribution in [0.25, 0.3) is 0 Å². The van der Waals surface area contributed by atoms with Gasteiger partial charge in [0.25, 0.3) is 0 Å². The molecule has 1 amide bonds. The topological polar surface area (TPSA) is 69.7 Å². The van der Waals surface area contributed by atoms with Crippen LogP contribution in [0.1, 0.15) is 30.4 Å². The van der Waals surface area contributed by atoms with Gasteiger partial charge in [0, 0.05) is 49.8 Å². The smallest absolute Gasteiger partial charge is 0.243 e. The number of hydrogen-bond donors (Lipinski definition) is 1. The van der Waals surface area contributed by atoms with E-state index in [1.165, 1.54) is 11.1 Å². The number of thioether (sulfide) groups is 1. The molecule has 170 valence electrons. The molecule has 6 nitrogen and oxygen atoms in total. The monoisotopic (exact) mass is 471 g/mol. The third kappa shape index (κ3) is 4.59. The highest BCUT2D eigenvalue weighted by molar-refractivity contribution is 7.99. The van der Waals surface area contributed by atoms with Crippen molar-refractivity contribution < 1.29 is 13.2 Å². The summed E-state index contributed by atoms with van der Waals surface area (Å²) in [6.45, 7) is 4.21. The van der Waals surface area contributed by atoms with E-state index in [4.69, 9.17) is 0 Å². The van der Waals surface area contributed by atoms with Crippen LogP contribution in [0.2, 0.25) is 0 Å². The minimum absolute atomic E-state index is 0.0630. The average molecular weight is 472 g/mol. The molecule has 5 rings (SSSR count). The zero-order valence-electron chi connectivity index (χ0n) is 18.1. The Kier molecular flexibility index (Phi) is 6.29. The predicted molar refractivity (Wildman–Crippen MR) is 127 cm³/mol. The summed E-state index contributed by atoms with van der Waals surface area (Å²) in [4.78, 5) is 15.6. The molecule has 2 aromatic rings. The highest BCUT2D eigenvalue weighted by Crippen LogP contribution is 2.34. The van der Waals surface area contributed by atoms with Crippen molar-refractivity contribution in [3.63, 3.8) is 0 Å². The molecule has 0 aromatic heterocycles. The van der Waals surface area contributed by atoms with E-state index in [1.807, 2.05) is 6.07 Å². The lowest BCUT2D eigenvalue weighted by atomic mass is 9.94. The highest BCUT2D eigenvalue weighted by Gasteiger charge is 2.31. The van der Waals surface area contributed by atoms with Crippen LogP contribution in [-0.4, -0.2) is 55.5 Å². The van der Waals surface area contributed by atoms with Crippen LogP contribution >= 0.6 is 11.8 Å². The SMILES string of the molecule is O=C1CCSc2ccc(S(=O)(=O)N3CCC(CN4CCc5ccccc5C4)CC3)cc2N1. The summed E-state index contributed by atoms with van der Waals surface area (Å²) < 4.78 is 28.2. The van der Waals surface area contributed by atoms with Gasteiger partial charge in [-0.05, 0) is 54.5 Å². The van der Waals surface area contributed by atoms with E-state index >= 15 is 0 Å². The molecule has 8 heteroatoms. The summed E-state index contributed by atoms with van der Waals surface area (Å²) in [6.07, 6.45) is 3.30. The van der Waals surface area contributed by atoms with Crippen molar-refractivity contribution in [2.45, 2.75) is 42.0 Å². The van der Waals surface area contributed by atoms with Gasteiger partial charge in [0.2, 0.25) is 15.9 Å². The second kappa shape index (κ2) is 9.17. The Morgan fingerprint density at radius 3 is 2.59 bits per heavy atom. The molecule has 0 radical (unpaired) electrons. The number of rotatable bonds is 4. The lowest BCUT2D eigenvalue weighted by molar-refractivity contribution is -0.115. The normalized spacial score (nSPS) is 20.8. The summed E-state index contributed by atoms with van der Waals surface area (Å²) in [6, 6.07) is 13.8. The Hall–Kier alpha value is -1.87. The van der Waals surface area contributed by atoms with Gasteiger partial charge in [-0.3, -0.25) is 9.69 Å². The number of carbonyl (C=O) groups excluding carboxylic acids is 1. The van der Waals surface area contributed by atoms with Crippen molar-refractivity contribution in [3.8, 4) is 0 Å². The summed E-state index contributed by atoms with van der Waals surface area (Å²) >= 11 is 1.58. The van der Waals surface area contributed by atoms with Crippen molar-refractivity contribution >= 4 is 33.4 Å². The number of hydrogen-bond acceptors (Lipinski definition) is 5. The number of piperidine rings is 1. The van der Waals surface area contributed by atoms with Gasteiger partial charge in [0.1, 0.15) is 0 Å². The van der Waals surface area contributed by atoms with E-state index < -0.39 is 10.0 Å². The molecule has 1 N–H and O–H groups in total. The van der Waals surface area contributed by atoms with Crippen molar-refractivity contribution in [1.29, 1.82) is 0 Å². The molecule has 3 aliphatic rings. The Morgan fingerprint density at radius 1 is 1.00 bits per heavy atom. The quantitative estimate of drug-likeness (QED) is 0.738. The maximum Gasteiger partial charge on any atom is 0.243 e. The molecule has 0 unspecified atom stereocenters. The second-order valence-electron chi connectivity index (χ2n) is 8.91. The molecule has 0 saturated carbocycles. The van der Waals surface area contributed by atoms with Gasteiger partial charge in [-0.2, -0.15) is 4.31 Å². The van der Waals surface area contributed by atoms with Crippen LogP contribution in [0.3, 0.4) is 0 Å². The molecule has 3 heterocycles. The van der Waals surface area contributed by atoms with Crippen LogP contribution in [0.4, 0.5) is 5.69 Å². The van der Waals surface area contributed by atoms with Crippen molar-refractivity contribution in [1.82, 2.24) is 9.21 Å². The fourth-order valence-electron chi connectivity index (χ4n) is 4.92. The fraction of sp³-hybridized carbons (Fsp3) is 0.458. The molecule has 1 saturated heterocycles. The van der Waals surface area contributed by atoms with Crippen LogP contribution in [0.5, 0.6) is 0 Å². The van der Waals surface area contributed by atoms with Gasteiger partial charge in [-0.15, -0.1) is 11.8 Å². The largest absolute Gasteiger partial charge is 0.325 e. The molecule has 0 bridgehead atoms. The van der Waals surface area contributed by atoms with E-state index in [0.717, 1.165) is 43.8 Å². The van der Waals surface area contributed by atoms with E-state index in [0.29, 0.717) is 36.9 Å². The first-order valence-electron chi connectivity index (χ1n) is 11.3. The Labute approximate surface area is 194 Å². The Morgan fingerprint density at radius 2 is 1.78 bits per heavy atom. The first kappa shape index (κ1) is 21.9. The van der Waals surface area contributed by atoms with E-state index in [9.17, 15) is 13.2 Å². The number of carbonyl (C=O) groups is 1. The molecule has 0 atom stereocenters. The van der Waals surface area contributed by atoms with Gasteiger partial charge in [0.15, 0.2) is 0 Å². The number of sulfonamides is 1. The number of nitrogens with one attached hydrogen (secondary N) is 1. The molecule has 0 spiro atoms. The molecule has 2 aromatic carbocycles. The van der Waals surface area contributed by atoms with Crippen LogP contribution in [-0.2, 0) is 27.8 Å². The summed E-state index contributed by atoms with van der Waals surface area (Å²) in [7, 11) is -3.56. The molecule has 32 heavy (non-hydrogen) atoms. The molecule has 0 aliphatic carbocycles. The van der Waals surface area contributed by atoms with Gasteiger partial charge < -0.3 is 5.32 Å². The Balaban J connectivity index is 1.21. The lowest BCUT2D eigenvalue weighted by Gasteiger charge is -2.36.